The second-order valence-electron chi connectivity index (χ2n) is 4.93. The van der Waals surface area contributed by atoms with Crippen LogP contribution < -0.4 is 11.1 Å². The summed E-state index contributed by atoms with van der Waals surface area (Å²) in [6.07, 6.45) is 2.26. The topological polar surface area (TPSA) is 81.1 Å². The number of nitrogens with one attached hydrogen (secondary N) is 1. The van der Waals surface area contributed by atoms with Crippen molar-refractivity contribution in [2.45, 2.75) is 38.1 Å². The molecule has 0 saturated heterocycles. The lowest BCUT2D eigenvalue weighted by atomic mass is 10.1. The highest BCUT2D eigenvalue weighted by molar-refractivity contribution is 5.92. The van der Waals surface area contributed by atoms with Gasteiger partial charge in [-0.05, 0) is 26.7 Å². The largest absolute Gasteiger partial charge is 0.360 e. The predicted molar refractivity (Wildman–Crippen MR) is 59.1 cm³/mol. The summed E-state index contributed by atoms with van der Waals surface area (Å²) in [7, 11) is 0. The number of hydrogen-bond acceptors (Lipinski definition) is 4. The lowest BCUT2D eigenvalue weighted by molar-refractivity contribution is 0.0906. The molecule has 1 aliphatic carbocycles. The quantitative estimate of drug-likeness (QED) is 0.798. The van der Waals surface area contributed by atoms with Crippen molar-refractivity contribution in [2.75, 3.05) is 6.54 Å². The Labute approximate surface area is 94.4 Å². The fourth-order valence-corrected chi connectivity index (χ4v) is 1.38. The fourth-order valence-electron chi connectivity index (χ4n) is 1.38. The predicted octanol–water partition coefficient (Wildman–Crippen LogP) is 1.02. The molecule has 1 amide bonds. The average molecular weight is 223 g/mol. The van der Waals surface area contributed by atoms with Crippen LogP contribution in [-0.2, 0) is 0 Å². The van der Waals surface area contributed by atoms with Crippen LogP contribution in [0.4, 0.5) is 0 Å². The van der Waals surface area contributed by atoms with Gasteiger partial charge in [-0.25, -0.2) is 0 Å². The second kappa shape index (κ2) is 3.90. The van der Waals surface area contributed by atoms with Crippen LogP contribution in [-0.4, -0.2) is 23.1 Å². The van der Waals surface area contributed by atoms with E-state index in [2.05, 4.69) is 10.5 Å². The minimum atomic E-state index is -0.421. The fraction of sp³-hybridized carbons (Fsp3) is 0.636. The molecule has 0 atom stereocenters. The van der Waals surface area contributed by atoms with Gasteiger partial charge in [-0.1, -0.05) is 5.16 Å². The first kappa shape index (κ1) is 11.1. The number of hydrogen-bond donors (Lipinski definition) is 2. The molecular formula is C11H17N3O2. The number of rotatable bonds is 4. The molecule has 1 aromatic heterocycles. The molecule has 1 heterocycles. The van der Waals surface area contributed by atoms with Crippen molar-refractivity contribution in [3.05, 3.63) is 17.5 Å². The molecule has 0 unspecified atom stereocenters. The van der Waals surface area contributed by atoms with E-state index in [0.717, 1.165) is 18.6 Å². The summed E-state index contributed by atoms with van der Waals surface area (Å²) in [4.78, 5) is 11.8. The van der Waals surface area contributed by atoms with Crippen LogP contribution in [0.15, 0.2) is 10.6 Å². The highest BCUT2D eigenvalue weighted by atomic mass is 16.5. The average Bonchev–Trinajstić information content (AvgIpc) is 2.96. The Morgan fingerprint density at radius 2 is 2.38 bits per heavy atom. The van der Waals surface area contributed by atoms with Crippen LogP contribution in [0, 0.1) is 0 Å². The Morgan fingerprint density at radius 3 is 2.94 bits per heavy atom. The van der Waals surface area contributed by atoms with Crippen LogP contribution in [0.2, 0.25) is 0 Å². The first-order valence-electron chi connectivity index (χ1n) is 5.51. The molecule has 0 spiro atoms. The molecule has 3 N–H and O–H groups in total. The van der Waals surface area contributed by atoms with E-state index in [-0.39, 0.29) is 5.91 Å². The molecule has 1 fully saturated rings. The van der Waals surface area contributed by atoms with Crippen LogP contribution in [0.1, 0.15) is 48.9 Å². The zero-order valence-corrected chi connectivity index (χ0v) is 9.62. The Morgan fingerprint density at radius 1 is 1.69 bits per heavy atom. The van der Waals surface area contributed by atoms with Gasteiger partial charge in [0.1, 0.15) is 5.76 Å². The lowest BCUT2D eigenvalue weighted by Gasteiger charge is -2.23. The van der Waals surface area contributed by atoms with Crippen molar-refractivity contribution in [1.29, 1.82) is 0 Å². The number of nitrogens with two attached hydrogens (primary N) is 1. The summed E-state index contributed by atoms with van der Waals surface area (Å²) in [6.45, 7) is 4.12. The SMILES string of the molecule is CC(C)(CN)NC(=O)c1cc(C2CC2)on1. The molecular weight excluding hydrogens is 206 g/mol. The lowest BCUT2D eigenvalue weighted by Crippen LogP contribution is -2.48. The molecule has 5 nitrogen and oxygen atoms in total. The number of nitrogens with zero attached hydrogens (tertiary/aromatic N) is 1. The molecule has 1 aromatic rings. The third-order valence-corrected chi connectivity index (χ3v) is 2.70. The van der Waals surface area contributed by atoms with Crippen molar-refractivity contribution in [3.63, 3.8) is 0 Å². The molecule has 0 radical (unpaired) electrons. The van der Waals surface area contributed by atoms with Gasteiger partial charge in [0.25, 0.3) is 5.91 Å². The van der Waals surface area contributed by atoms with Crippen LogP contribution in [0.25, 0.3) is 0 Å². The van der Waals surface area contributed by atoms with Gasteiger partial charge in [-0.2, -0.15) is 0 Å². The molecule has 5 heteroatoms. The van der Waals surface area contributed by atoms with Gasteiger partial charge in [-0.3, -0.25) is 4.79 Å². The van der Waals surface area contributed by atoms with E-state index in [1.165, 1.54) is 0 Å². The molecule has 0 aromatic carbocycles. The van der Waals surface area contributed by atoms with Gasteiger partial charge >= 0.3 is 0 Å². The van der Waals surface area contributed by atoms with Gasteiger partial charge < -0.3 is 15.6 Å². The third-order valence-electron chi connectivity index (χ3n) is 2.70. The Bertz CT molecular complexity index is 394. The molecule has 0 bridgehead atoms. The number of aromatic nitrogens is 1. The third kappa shape index (κ3) is 2.41. The van der Waals surface area contributed by atoms with Gasteiger partial charge in [-0.15, -0.1) is 0 Å². The maximum atomic E-state index is 11.8. The number of amides is 1. The van der Waals surface area contributed by atoms with Gasteiger partial charge in [0.05, 0.1) is 0 Å². The maximum Gasteiger partial charge on any atom is 0.273 e. The number of carbonyl (C=O) groups excluding carboxylic acids is 1. The van der Waals surface area contributed by atoms with E-state index in [1.807, 2.05) is 13.8 Å². The highest BCUT2D eigenvalue weighted by Crippen LogP contribution is 2.40. The molecule has 2 rings (SSSR count). The van der Waals surface area contributed by atoms with Crippen molar-refractivity contribution in [3.8, 4) is 0 Å². The Hall–Kier alpha value is -1.36. The smallest absolute Gasteiger partial charge is 0.273 e. The van der Waals surface area contributed by atoms with Crippen molar-refractivity contribution < 1.29 is 9.32 Å². The second-order valence-corrected chi connectivity index (χ2v) is 4.93. The molecule has 88 valence electrons. The minimum Gasteiger partial charge on any atom is -0.360 e. The van der Waals surface area contributed by atoms with Crippen LogP contribution in [0.3, 0.4) is 0 Å². The van der Waals surface area contributed by atoms with Crippen LogP contribution >= 0.6 is 0 Å². The van der Waals surface area contributed by atoms with E-state index in [4.69, 9.17) is 10.3 Å². The summed E-state index contributed by atoms with van der Waals surface area (Å²) in [5, 5.41) is 6.58. The van der Waals surface area contributed by atoms with E-state index >= 15 is 0 Å². The summed E-state index contributed by atoms with van der Waals surface area (Å²) in [5.74, 6) is 1.05. The Balaban J connectivity index is 2.02. The Kier molecular flexibility index (Phi) is 2.71. The van der Waals surface area contributed by atoms with Crippen LogP contribution in [0.5, 0.6) is 0 Å². The van der Waals surface area contributed by atoms with E-state index in [1.54, 1.807) is 6.07 Å². The maximum absolute atomic E-state index is 11.8. The zero-order valence-electron chi connectivity index (χ0n) is 9.62. The molecule has 1 saturated carbocycles. The standard InChI is InChI=1S/C11H17N3O2/c1-11(2,6-12)13-10(15)8-5-9(16-14-8)7-3-4-7/h5,7H,3-4,6,12H2,1-2H3,(H,13,15). The summed E-state index contributed by atoms with van der Waals surface area (Å²) >= 11 is 0. The van der Waals surface area contributed by atoms with Gasteiger partial charge in [0.2, 0.25) is 0 Å². The molecule has 0 aliphatic heterocycles. The van der Waals surface area contributed by atoms with Crippen molar-refractivity contribution >= 4 is 5.91 Å². The monoisotopic (exact) mass is 223 g/mol. The molecule has 1 aliphatic rings. The van der Waals surface area contributed by atoms with E-state index in [0.29, 0.717) is 18.2 Å². The summed E-state index contributed by atoms with van der Waals surface area (Å²) in [6, 6.07) is 1.72. The van der Waals surface area contributed by atoms with Gasteiger partial charge in [0.15, 0.2) is 5.69 Å². The van der Waals surface area contributed by atoms with Gasteiger partial charge in [0, 0.05) is 24.1 Å². The van der Waals surface area contributed by atoms with Crippen molar-refractivity contribution in [1.82, 2.24) is 10.5 Å². The number of carbonyl (C=O) groups is 1. The van der Waals surface area contributed by atoms with Crippen molar-refractivity contribution in [2.24, 2.45) is 5.73 Å². The van der Waals surface area contributed by atoms with E-state index < -0.39 is 5.54 Å². The summed E-state index contributed by atoms with van der Waals surface area (Å²) in [5.41, 5.74) is 5.45. The minimum absolute atomic E-state index is 0.230. The first-order valence-corrected chi connectivity index (χ1v) is 5.51. The normalized spacial score (nSPS) is 16.2. The summed E-state index contributed by atoms with van der Waals surface area (Å²) < 4.78 is 5.12. The first-order chi connectivity index (χ1) is 7.52. The van der Waals surface area contributed by atoms with E-state index in [9.17, 15) is 4.79 Å². The molecule has 16 heavy (non-hydrogen) atoms. The zero-order chi connectivity index (χ0) is 11.8. The highest BCUT2D eigenvalue weighted by Gasteiger charge is 2.29.